The van der Waals surface area contributed by atoms with Crippen LogP contribution in [0.15, 0.2) is 30.7 Å². The van der Waals surface area contributed by atoms with Crippen molar-refractivity contribution in [3.63, 3.8) is 0 Å². The van der Waals surface area contributed by atoms with Crippen molar-refractivity contribution in [2.24, 2.45) is 0 Å². The third kappa shape index (κ3) is 1.40. The number of nitrogens with one attached hydrogen (secondary N) is 1. The molecule has 1 atom stereocenters. The van der Waals surface area contributed by atoms with Gasteiger partial charge in [-0.3, -0.25) is 0 Å². The zero-order chi connectivity index (χ0) is 11.0. The molecule has 0 fully saturated rings. The van der Waals surface area contributed by atoms with E-state index < -0.39 is 0 Å². The van der Waals surface area contributed by atoms with Crippen LogP contribution in [0.25, 0.3) is 11.2 Å². The molecule has 6 heteroatoms. The van der Waals surface area contributed by atoms with Gasteiger partial charge in [-0.1, -0.05) is 6.08 Å². The number of anilines is 1. The van der Waals surface area contributed by atoms with Gasteiger partial charge in [-0.05, 0) is 12.2 Å². The van der Waals surface area contributed by atoms with Crippen molar-refractivity contribution in [1.82, 2.24) is 19.9 Å². The number of allylic oxidation sites excluding steroid dienone is 2. The highest BCUT2D eigenvalue weighted by Crippen LogP contribution is 2.21. The molecule has 6 nitrogen and oxygen atoms in total. The SMILES string of the molecule is Nc1ncc2[nH]c(C3C=CC=CO3)nc2n1. The number of aromatic nitrogens is 4. The van der Waals surface area contributed by atoms with Crippen LogP contribution in [0.5, 0.6) is 0 Å². The van der Waals surface area contributed by atoms with E-state index in [-0.39, 0.29) is 12.1 Å². The molecule has 0 radical (unpaired) electrons. The molecule has 1 unspecified atom stereocenters. The Morgan fingerprint density at radius 1 is 1.31 bits per heavy atom. The highest BCUT2D eigenvalue weighted by molar-refractivity contribution is 5.70. The molecule has 16 heavy (non-hydrogen) atoms. The number of imidazole rings is 1. The van der Waals surface area contributed by atoms with Crippen molar-refractivity contribution in [2.75, 3.05) is 5.73 Å². The van der Waals surface area contributed by atoms with Crippen molar-refractivity contribution < 1.29 is 4.74 Å². The maximum atomic E-state index is 5.48. The lowest BCUT2D eigenvalue weighted by Gasteiger charge is -2.11. The fourth-order valence-electron chi connectivity index (χ4n) is 1.52. The van der Waals surface area contributed by atoms with E-state index in [4.69, 9.17) is 10.5 Å². The predicted octanol–water partition coefficient (Wildman–Crippen LogP) is 1.08. The largest absolute Gasteiger partial charge is 0.486 e. The second-order valence-corrected chi connectivity index (χ2v) is 3.36. The van der Waals surface area contributed by atoms with Gasteiger partial charge in [0.05, 0.1) is 12.5 Å². The van der Waals surface area contributed by atoms with Crippen LogP contribution in [0.2, 0.25) is 0 Å². The summed E-state index contributed by atoms with van der Waals surface area (Å²) in [5.41, 5.74) is 6.78. The highest BCUT2D eigenvalue weighted by Gasteiger charge is 2.15. The van der Waals surface area contributed by atoms with Crippen LogP contribution in [0.1, 0.15) is 11.9 Å². The fraction of sp³-hybridized carbons (Fsp3) is 0.100. The molecule has 0 spiro atoms. The molecule has 0 saturated carbocycles. The summed E-state index contributed by atoms with van der Waals surface area (Å²) in [7, 11) is 0. The third-order valence-electron chi connectivity index (χ3n) is 2.25. The number of rotatable bonds is 1. The van der Waals surface area contributed by atoms with Gasteiger partial charge in [0, 0.05) is 0 Å². The van der Waals surface area contributed by atoms with Crippen LogP contribution in [-0.4, -0.2) is 19.9 Å². The number of H-pyrrole nitrogens is 1. The van der Waals surface area contributed by atoms with E-state index in [9.17, 15) is 0 Å². The number of ether oxygens (including phenoxy) is 1. The second kappa shape index (κ2) is 3.34. The smallest absolute Gasteiger partial charge is 0.222 e. The molecule has 2 aromatic rings. The zero-order valence-corrected chi connectivity index (χ0v) is 8.29. The maximum Gasteiger partial charge on any atom is 0.222 e. The molecular formula is C10H9N5O. The molecule has 0 bridgehead atoms. The van der Waals surface area contributed by atoms with Gasteiger partial charge < -0.3 is 15.5 Å². The van der Waals surface area contributed by atoms with Gasteiger partial charge in [-0.15, -0.1) is 0 Å². The number of hydrogen-bond acceptors (Lipinski definition) is 5. The van der Waals surface area contributed by atoms with Gasteiger partial charge >= 0.3 is 0 Å². The number of nitrogen functional groups attached to an aromatic ring is 1. The summed E-state index contributed by atoms with van der Waals surface area (Å²) >= 11 is 0. The van der Waals surface area contributed by atoms with Crippen molar-refractivity contribution in [2.45, 2.75) is 6.10 Å². The van der Waals surface area contributed by atoms with Crippen molar-refractivity contribution >= 4 is 17.1 Å². The number of aromatic amines is 1. The Morgan fingerprint density at radius 2 is 2.25 bits per heavy atom. The van der Waals surface area contributed by atoms with Crippen molar-refractivity contribution in [3.8, 4) is 0 Å². The van der Waals surface area contributed by atoms with Crippen LogP contribution >= 0.6 is 0 Å². The van der Waals surface area contributed by atoms with Crippen LogP contribution in [0, 0.1) is 0 Å². The third-order valence-corrected chi connectivity index (χ3v) is 2.25. The zero-order valence-electron chi connectivity index (χ0n) is 8.29. The molecule has 0 amide bonds. The quantitative estimate of drug-likeness (QED) is 0.742. The Morgan fingerprint density at radius 3 is 3.06 bits per heavy atom. The number of nitrogens with zero attached hydrogens (tertiary/aromatic N) is 3. The van der Waals surface area contributed by atoms with Crippen LogP contribution in [0.4, 0.5) is 5.95 Å². The van der Waals surface area contributed by atoms with E-state index in [1.165, 1.54) is 0 Å². The molecule has 0 saturated heterocycles. The fourth-order valence-corrected chi connectivity index (χ4v) is 1.52. The Bertz CT molecular complexity index is 586. The van der Waals surface area contributed by atoms with E-state index >= 15 is 0 Å². The highest BCUT2D eigenvalue weighted by atomic mass is 16.5. The van der Waals surface area contributed by atoms with Crippen molar-refractivity contribution in [3.05, 3.63) is 36.5 Å². The summed E-state index contributed by atoms with van der Waals surface area (Å²) in [4.78, 5) is 15.3. The summed E-state index contributed by atoms with van der Waals surface area (Å²) in [5.74, 6) is 0.904. The first kappa shape index (κ1) is 8.90. The molecule has 3 rings (SSSR count). The van der Waals surface area contributed by atoms with E-state index in [0.717, 1.165) is 5.52 Å². The summed E-state index contributed by atoms with van der Waals surface area (Å²) in [6, 6.07) is 0. The number of hydrogen-bond donors (Lipinski definition) is 2. The van der Waals surface area contributed by atoms with Gasteiger partial charge in [0.2, 0.25) is 5.95 Å². The Hall–Kier alpha value is -2.37. The van der Waals surface area contributed by atoms with E-state index in [2.05, 4.69) is 19.9 Å². The van der Waals surface area contributed by atoms with Gasteiger partial charge in [0.1, 0.15) is 5.52 Å². The van der Waals surface area contributed by atoms with E-state index in [1.54, 1.807) is 12.5 Å². The summed E-state index contributed by atoms with van der Waals surface area (Å²) in [5, 5.41) is 0. The molecule has 3 heterocycles. The minimum Gasteiger partial charge on any atom is -0.486 e. The Balaban J connectivity index is 2.05. The molecular weight excluding hydrogens is 206 g/mol. The van der Waals surface area contributed by atoms with E-state index in [0.29, 0.717) is 11.5 Å². The molecule has 3 N–H and O–H groups in total. The Labute approximate surface area is 90.9 Å². The normalized spacial score (nSPS) is 18.9. The summed E-state index contributed by atoms with van der Waals surface area (Å²) in [6.45, 7) is 0. The van der Waals surface area contributed by atoms with Gasteiger partial charge in [0.15, 0.2) is 17.6 Å². The molecule has 0 aromatic carbocycles. The average molecular weight is 215 g/mol. The van der Waals surface area contributed by atoms with Crippen LogP contribution in [0.3, 0.4) is 0 Å². The molecule has 2 aromatic heterocycles. The summed E-state index contributed by atoms with van der Waals surface area (Å²) in [6.07, 6.45) is 8.64. The molecule has 80 valence electrons. The van der Waals surface area contributed by atoms with Crippen LogP contribution in [-0.2, 0) is 4.74 Å². The monoisotopic (exact) mass is 215 g/mol. The first-order valence-electron chi connectivity index (χ1n) is 4.80. The number of fused-ring (bicyclic) bond motifs is 1. The predicted molar refractivity (Wildman–Crippen MR) is 58.2 cm³/mol. The summed E-state index contributed by atoms with van der Waals surface area (Å²) < 4.78 is 5.38. The van der Waals surface area contributed by atoms with Crippen molar-refractivity contribution in [1.29, 1.82) is 0 Å². The first-order chi connectivity index (χ1) is 7.83. The Kier molecular flexibility index (Phi) is 1.86. The maximum absolute atomic E-state index is 5.48. The lowest BCUT2D eigenvalue weighted by atomic mass is 10.3. The second-order valence-electron chi connectivity index (χ2n) is 3.36. The lowest BCUT2D eigenvalue weighted by Crippen LogP contribution is -2.01. The average Bonchev–Trinajstić information content (AvgIpc) is 2.73. The van der Waals surface area contributed by atoms with Gasteiger partial charge in [-0.2, -0.15) is 4.98 Å². The number of nitrogens with two attached hydrogens (primary N) is 1. The van der Waals surface area contributed by atoms with Crippen LogP contribution < -0.4 is 5.73 Å². The van der Waals surface area contributed by atoms with E-state index in [1.807, 2.05) is 18.2 Å². The first-order valence-corrected chi connectivity index (χ1v) is 4.80. The molecule has 1 aliphatic rings. The minimum absolute atomic E-state index is 0.208. The molecule has 0 aliphatic carbocycles. The minimum atomic E-state index is -0.208. The lowest BCUT2D eigenvalue weighted by molar-refractivity contribution is 0.179. The van der Waals surface area contributed by atoms with Gasteiger partial charge in [0.25, 0.3) is 0 Å². The standard InChI is InChI=1S/C10H9N5O/c11-10-12-5-6-8(15-10)14-9(13-6)7-3-1-2-4-16-7/h1-5,7H,(H3,11,12,13,14,15). The topological polar surface area (TPSA) is 89.7 Å². The van der Waals surface area contributed by atoms with Gasteiger partial charge in [-0.25, -0.2) is 9.97 Å². The molecule has 1 aliphatic heterocycles.